The summed E-state index contributed by atoms with van der Waals surface area (Å²) in [7, 11) is 1.32. The molecule has 3 aliphatic heterocycles. The summed E-state index contributed by atoms with van der Waals surface area (Å²) in [4.78, 5) is 16.1. The van der Waals surface area contributed by atoms with E-state index in [4.69, 9.17) is 28.4 Å². The first-order chi connectivity index (χ1) is 10.8. The SMILES string of the molecule is COC(=O)[C@@H](C)O[C@@H]1[C@H]2N=C(C)O[C@H]2O[C@@H]1[C@H]1COC(C)(C)O1. The lowest BCUT2D eigenvalue weighted by atomic mass is 10.0. The van der Waals surface area contributed by atoms with Crippen molar-refractivity contribution in [1.82, 2.24) is 0 Å². The van der Waals surface area contributed by atoms with Crippen molar-refractivity contribution >= 4 is 11.9 Å². The third-order valence-corrected chi connectivity index (χ3v) is 4.14. The largest absolute Gasteiger partial charge is 0.467 e. The molecule has 0 spiro atoms. The van der Waals surface area contributed by atoms with Crippen LogP contribution in [-0.4, -0.2) is 68.1 Å². The summed E-state index contributed by atoms with van der Waals surface area (Å²) in [6, 6.07) is -0.334. The minimum atomic E-state index is -0.735. The van der Waals surface area contributed by atoms with Crippen molar-refractivity contribution in [2.75, 3.05) is 13.7 Å². The molecule has 0 bridgehead atoms. The highest BCUT2D eigenvalue weighted by molar-refractivity contribution is 5.75. The number of carbonyl (C=O) groups is 1. The molecule has 0 aromatic heterocycles. The lowest BCUT2D eigenvalue weighted by Crippen LogP contribution is -2.44. The maximum absolute atomic E-state index is 11.7. The average Bonchev–Trinajstić information content (AvgIpc) is 3.11. The molecular formula is C15H23NO7. The van der Waals surface area contributed by atoms with Crippen LogP contribution in [-0.2, 0) is 33.2 Å². The topological polar surface area (TPSA) is 84.8 Å². The highest BCUT2D eigenvalue weighted by Gasteiger charge is 2.55. The Morgan fingerprint density at radius 1 is 1.43 bits per heavy atom. The van der Waals surface area contributed by atoms with Gasteiger partial charge in [-0.15, -0.1) is 0 Å². The Kier molecular flexibility index (Phi) is 4.35. The molecule has 0 N–H and O–H groups in total. The van der Waals surface area contributed by atoms with Crippen LogP contribution in [0.2, 0.25) is 0 Å². The van der Waals surface area contributed by atoms with E-state index >= 15 is 0 Å². The number of methoxy groups -OCH3 is 1. The van der Waals surface area contributed by atoms with E-state index in [2.05, 4.69) is 4.99 Å². The third kappa shape index (κ3) is 3.21. The molecule has 0 aromatic rings. The highest BCUT2D eigenvalue weighted by atomic mass is 16.8. The van der Waals surface area contributed by atoms with Gasteiger partial charge in [0.05, 0.1) is 13.7 Å². The Morgan fingerprint density at radius 2 is 2.17 bits per heavy atom. The first-order valence-electron chi connectivity index (χ1n) is 7.72. The summed E-state index contributed by atoms with van der Waals surface area (Å²) in [5.41, 5.74) is 0. The third-order valence-electron chi connectivity index (χ3n) is 4.14. The monoisotopic (exact) mass is 329 g/mol. The summed E-state index contributed by atoms with van der Waals surface area (Å²) in [6.45, 7) is 7.46. The van der Waals surface area contributed by atoms with Crippen LogP contribution in [0.1, 0.15) is 27.7 Å². The molecule has 23 heavy (non-hydrogen) atoms. The minimum absolute atomic E-state index is 0.315. The molecule has 0 aromatic carbocycles. The Balaban J connectivity index is 1.76. The number of nitrogens with zero attached hydrogens (tertiary/aromatic N) is 1. The molecule has 0 unspecified atom stereocenters. The fourth-order valence-electron chi connectivity index (χ4n) is 3.09. The molecule has 0 amide bonds. The summed E-state index contributed by atoms with van der Waals surface area (Å²) < 4.78 is 33.6. The lowest BCUT2D eigenvalue weighted by molar-refractivity contribution is -0.182. The van der Waals surface area contributed by atoms with Gasteiger partial charge in [-0.2, -0.15) is 0 Å². The van der Waals surface area contributed by atoms with Crippen molar-refractivity contribution in [2.24, 2.45) is 4.99 Å². The van der Waals surface area contributed by atoms with Crippen LogP contribution < -0.4 is 0 Å². The van der Waals surface area contributed by atoms with Gasteiger partial charge >= 0.3 is 5.97 Å². The number of hydrogen-bond acceptors (Lipinski definition) is 8. The number of esters is 1. The molecule has 2 fully saturated rings. The number of hydrogen-bond donors (Lipinski definition) is 0. The van der Waals surface area contributed by atoms with E-state index < -0.39 is 36.4 Å². The molecule has 3 aliphatic rings. The Hall–Kier alpha value is -1.22. The van der Waals surface area contributed by atoms with Crippen molar-refractivity contribution in [1.29, 1.82) is 0 Å². The number of aliphatic imine (C=N–C) groups is 1. The van der Waals surface area contributed by atoms with Crippen molar-refractivity contribution in [3.63, 3.8) is 0 Å². The molecule has 3 rings (SSSR count). The van der Waals surface area contributed by atoms with E-state index in [1.807, 2.05) is 13.8 Å². The second-order valence-electron chi connectivity index (χ2n) is 6.36. The van der Waals surface area contributed by atoms with Crippen LogP contribution in [0.5, 0.6) is 0 Å². The van der Waals surface area contributed by atoms with Gasteiger partial charge in [-0.3, -0.25) is 0 Å². The molecule has 2 saturated heterocycles. The van der Waals surface area contributed by atoms with Crippen molar-refractivity contribution in [2.45, 2.75) is 70.2 Å². The van der Waals surface area contributed by atoms with E-state index in [-0.39, 0.29) is 12.1 Å². The Morgan fingerprint density at radius 3 is 2.78 bits per heavy atom. The van der Waals surface area contributed by atoms with Crippen molar-refractivity contribution in [3.8, 4) is 0 Å². The van der Waals surface area contributed by atoms with E-state index in [9.17, 15) is 4.79 Å². The average molecular weight is 329 g/mol. The minimum Gasteiger partial charge on any atom is -0.467 e. The van der Waals surface area contributed by atoms with Gasteiger partial charge in [0.2, 0.25) is 6.29 Å². The summed E-state index contributed by atoms with van der Waals surface area (Å²) >= 11 is 0. The standard InChI is InChI=1S/C15H23NO7/c1-7(13(17)18-5)20-12-10-14(21-8(2)16-10)22-11(12)9-6-19-15(3,4)23-9/h7,9-12,14H,6H2,1-5H3/t7-,9-,10-,11-,12-,14+/m1/s1. The molecule has 8 nitrogen and oxygen atoms in total. The predicted octanol–water partition coefficient (Wildman–Crippen LogP) is 0.627. The molecule has 3 heterocycles. The summed E-state index contributed by atoms with van der Waals surface area (Å²) in [5, 5.41) is 0. The number of ether oxygens (including phenoxy) is 6. The first-order valence-corrected chi connectivity index (χ1v) is 7.72. The van der Waals surface area contributed by atoms with E-state index in [1.165, 1.54) is 7.11 Å². The van der Waals surface area contributed by atoms with Gasteiger partial charge < -0.3 is 28.4 Å². The Bertz CT molecular complexity index is 506. The highest BCUT2D eigenvalue weighted by Crippen LogP contribution is 2.37. The fraction of sp³-hybridized carbons (Fsp3) is 0.867. The molecule has 0 radical (unpaired) electrons. The van der Waals surface area contributed by atoms with Gasteiger partial charge in [0, 0.05) is 6.92 Å². The van der Waals surface area contributed by atoms with Crippen LogP contribution in [0.4, 0.5) is 0 Å². The van der Waals surface area contributed by atoms with Gasteiger partial charge in [-0.25, -0.2) is 9.79 Å². The van der Waals surface area contributed by atoms with Crippen LogP contribution in [0.3, 0.4) is 0 Å². The number of carbonyl (C=O) groups excluding carboxylic acids is 1. The zero-order chi connectivity index (χ0) is 16.8. The zero-order valence-corrected chi connectivity index (χ0v) is 14.0. The Labute approximate surface area is 135 Å². The molecule has 130 valence electrons. The summed E-state index contributed by atoms with van der Waals surface area (Å²) in [6.07, 6.45) is -2.49. The predicted molar refractivity (Wildman–Crippen MR) is 77.9 cm³/mol. The van der Waals surface area contributed by atoms with E-state index in [0.29, 0.717) is 12.5 Å². The smallest absolute Gasteiger partial charge is 0.334 e. The summed E-state index contributed by atoms with van der Waals surface area (Å²) in [5.74, 6) is -0.581. The normalized spacial score (nSPS) is 39.5. The second kappa shape index (κ2) is 6.01. The van der Waals surface area contributed by atoms with Crippen molar-refractivity contribution < 1.29 is 33.2 Å². The maximum Gasteiger partial charge on any atom is 0.334 e. The molecular weight excluding hydrogens is 306 g/mol. The van der Waals surface area contributed by atoms with Gasteiger partial charge in [-0.05, 0) is 20.8 Å². The van der Waals surface area contributed by atoms with Crippen LogP contribution in [0, 0.1) is 0 Å². The van der Waals surface area contributed by atoms with Crippen LogP contribution in [0.25, 0.3) is 0 Å². The van der Waals surface area contributed by atoms with E-state index in [0.717, 1.165) is 0 Å². The lowest BCUT2D eigenvalue weighted by Gasteiger charge is -2.27. The second-order valence-corrected chi connectivity index (χ2v) is 6.36. The first kappa shape index (κ1) is 16.6. The van der Waals surface area contributed by atoms with Gasteiger partial charge in [-0.1, -0.05) is 0 Å². The van der Waals surface area contributed by atoms with Crippen molar-refractivity contribution in [3.05, 3.63) is 0 Å². The van der Waals surface area contributed by atoms with Gasteiger partial charge in [0.1, 0.15) is 24.4 Å². The molecule has 6 atom stereocenters. The van der Waals surface area contributed by atoms with Gasteiger partial charge in [0.25, 0.3) is 0 Å². The fourth-order valence-corrected chi connectivity index (χ4v) is 3.09. The van der Waals surface area contributed by atoms with Crippen LogP contribution >= 0.6 is 0 Å². The van der Waals surface area contributed by atoms with Crippen LogP contribution in [0.15, 0.2) is 4.99 Å². The molecule has 0 saturated carbocycles. The van der Waals surface area contributed by atoms with Gasteiger partial charge in [0.15, 0.2) is 17.8 Å². The molecule has 8 heteroatoms. The number of fused-ring (bicyclic) bond motifs is 1. The quantitative estimate of drug-likeness (QED) is 0.699. The number of rotatable bonds is 4. The van der Waals surface area contributed by atoms with E-state index in [1.54, 1.807) is 13.8 Å². The zero-order valence-electron chi connectivity index (χ0n) is 14.0. The maximum atomic E-state index is 11.7. The molecule has 0 aliphatic carbocycles.